The molecule has 2 aromatic carbocycles. The fraction of sp³-hybridized carbons (Fsp3) is 0.240. The lowest BCUT2D eigenvalue weighted by molar-refractivity contribution is -0.384. The van der Waals surface area contributed by atoms with E-state index in [9.17, 15) is 19.3 Å². The molecule has 1 saturated heterocycles. The number of nitro groups is 1. The van der Waals surface area contributed by atoms with Crippen molar-refractivity contribution in [3.63, 3.8) is 0 Å². The number of methoxy groups -OCH3 is 1. The normalized spacial score (nSPS) is 13.6. The minimum Gasteiger partial charge on any atom is -0.495 e. The number of thiophene rings is 1. The third kappa shape index (κ3) is 4.62. The topological polar surface area (TPSA) is 114 Å². The highest BCUT2D eigenvalue weighted by Crippen LogP contribution is 2.37. The lowest BCUT2D eigenvalue weighted by Gasteiger charge is -2.37. The molecule has 1 fully saturated rings. The van der Waals surface area contributed by atoms with Crippen LogP contribution in [0, 0.1) is 22.9 Å². The van der Waals surface area contributed by atoms with Crippen molar-refractivity contribution in [1.29, 1.82) is 0 Å². The fourth-order valence-corrected chi connectivity index (χ4v) is 5.50. The first-order valence-electron chi connectivity index (χ1n) is 11.5. The van der Waals surface area contributed by atoms with Gasteiger partial charge < -0.3 is 19.9 Å². The molecule has 0 radical (unpaired) electrons. The molecule has 5 rings (SSSR count). The van der Waals surface area contributed by atoms with Gasteiger partial charge in [0.15, 0.2) is 0 Å². The molecule has 0 bridgehead atoms. The Morgan fingerprint density at radius 2 is 1.86 bits per heavy atom. The smallest absolute Gasteiger partial charge is 0.271 e. The summed E-state index contributed by atoms with van der Waals surface area (Å²) >= 11 is 1.23. The largest absolute Gasteiger partial charge is 0.495 e. The van der Waals surface area contributed by atoms with Crippen LogP contribution in [0.4, 0.5) is 27.3 Å². The molecule has 12 heteroatoms. The van der Waals surface area contributed by atoms with Gasteiger partial charge in [-0.1, -0.05) is 12.1 Å². The number of ether oxygens (including phenoxy) is 1. The quantitative estimate of drug-likeness (QED) is 0.288. The zero-order chi connectivity index (χ0) is 26.1. The van der Waals surface area contributed by atoms with Gasteiger partial charge in [-0.05, 0) is 30.7 Å². The number of piperazine rings is 1. The Bertz CT molecular complexity index is 1500. The van der Waals surface area contributed by atoms with Gasteiger partial charge in [0, 0.05) is 38.3 Å². The van der Waals surface area contributed by atoms with E-state index < -0.39 is 10.8 Å². The van der Waals surface area contributed by atoms with Crippen LogP contribution in [0.2, 0.25) is 0 Å². The number of aromatic nitrogens is 2. The Labute approximate surface area is 215 Å². The number of non-ortho nitro benzene ring substituents is 1. The number of nitro benzene ring substituents is 1. The second-order valence-electron chi connectivity index (χ2n) is 8.45. The standard InChI is InChI=1S/C25H23FN6O4S/c1-15-21-23(31-11-9-30(10-12-31)19-6-4-3-5-17(19)26)27-14-28-25(21)37-22(15)24(33)29-18-13-16(32(34)35)7-8-20(18)36-2/h3-8,13-14H,9-12H2,1-2H3,(H,29,33). The third-order valence-electron chi connectivity index (χ3n) is 6.33. The predicted molar refractivity (Wildman–Crippen MR) is 141 cm³/mol. The Morgan fingerprint density at radius 1 is 1.14 bits per heavy atom. The van der Waals surface area contributed by atoms with Gasteiger partial charge in [0.2, 0.25) is 0 Å². The summed E-state index contributed by atoms with van der Waals surface area (Å²) in [5.74, 6) is 0.365. The number of amides is 1. The van der Waals surface area contributed by atoms with E-state index in [1.165, 1.54) is 49.0 Å². The van der Waals surface area contributed by atoms with Crippen molar-refractivity contribution in [1.82, 2.24) is 9.97 Å². The van der Waals surface area contributed by atoms with Crippen molar-refractivity contribution in [2.24, 2.45) is 0 Å². The average molecular weight is 523 g/mol. The number of nitrogens with zero attached hydrogens (tertiary/aromatic N) is 5. The van der Waals surface area contributed by atoms with E-state index in [1.807, 2.05) is 17.9 Å². The number of carbonyl (C=O) groups excluding carboxylic acids is 1. The summed E-state index contributed by atoms with van der Waals surface area (Å²) in [6.45, 7) is 4.33. The molecular formula is C25H23FN6O4S. The second kappa shape index (κ2) is 9.97. The summed E-state index contributed by atoms with van der Waals surface area (Å²) in [5, 5.41) is 14.7. The maximum atomic E-state index is 14.2. The minimum atomic E-state index is -0.534. The molecule has 1 amide bonds. The molecule has 1 aliphatic rings. The van der Waals surface area contributed by atoms with Crippen molar-refractivity contribution in [3.8, 4) is 5.75 Å². The van der Waals surface area contributed by atoms with Crippen LogP contribution in [0.1, 0.15) is 15.2 Å². The summed E-state index contributed by atoms with van der Waals surface area (Å²) in [5.41, 5.74) is 1.34. The average Bonchev–Trinajstić information content (AvgIpc) is 3.25. The second-order valence-corrected chi connectivity index (χ2v) is 9.45. The maximum Gasteiger partial charge on any atom is 0.271 e. The summed E-state index contributed by atoms with van der Waals surface area (Å²) in [7, 11) is 1.43. The van der Waals surface area contributed by atoms with Crippen LogP contribution in [0.3, 0.4) is 0 Å². The van der Waals surface area contributed by atoms with Gasteiger partial charge in [0.25, 0.3) is 11.6 Å². The number of benzene rings is 2. The lowest BCUT2D eigenvalue weighted by Crippen LogP contribution is -2.47. The van der Waals surface area contributed by atoms with Crippen LogP contribution in [0.25, 0.3) is 10.2 Å². The number of anilines is 3. The van der Waals surface area contributed by atoms with Gasteiger partial charge in [0.05, 0.1) is 33.7 Å². The van der Waals surface area contributed by atoms with Crippen LogP contribution >= 0.6 is 11.3 Å². The van der Waals surface area contributed by atoms with E-state index in [4.69, 9.17) is 4.74 Å². The highest BCUT2D eigenvalue weighted by atomic mass is 32.1. The molecule has 37 heavy (non-hydrogen) atoms. The zero-order valence-electron chi connectivity index (χ0n) is 20.1. The molecule has 4 aromatic rings. The third-order valence-corrected chi connectivity index (χ3v) is 7.53. The van der Waals surface area contributed by atoms with Crippen LogP contribution in [-0.2, 0) is 0 Å². The molecule has 0 aliphatic carbocycles. The summed E-state index contributed by atoms with van der Waals surface area (Å²) in [4.78, 5) is 38.0. The molecular weight excluding hydrogens is 499 g/mol. The first kappa shape index (κ1) is 24.4. The predicted octanol–water partition coefficient (Wildman–Crippen LogP) is 4.63. The fourth-order valence-electron chi connectivity index (χ4n) is 4.46. The van der Waals surface area contributed by atoms with Crippen molar-refractivity contribution < 1.29 is 18.8 Å². The molecule has 0 spiro atoms. The molecule has 10 nitrogen and oxygen atoms in total. The molecule has 0 atom stereocenters. The summed E-state index contributed by atoms with van der Waals surface area (Å²) < 4.78 is 19.5. The Kier molecular flexibility index (Phi) is 6.57. The Balaban J connectivity index is 1.41. The van der Waals surface area contributed by atoms with Gasteiger partial charge in [-0.2, -0.15) is 0 Å². The van der Waals surface area contributed by atoms with E-state index in [-0.39, 0.29) is 17.2 Å². The Hall–Kier alpha value is -4.32. The van der Waals surface area contributed by atoms with Crippen LogP contribution in [0.15, 0.2) is 48.8 Å². The van der Waals surface area contributed by atoms with Crippen molar-refractivity contribution in [2.45, 2.75) is 6.92 Å². The number of carbonyl (C=O) groups is 1. The monoisotopic (exact) mass is 522 g/mol. The molecule has 0 saturated carbocycles. The van der Waals surface area contributed by atoms with E-state index in [0.29, 0.717) is 52.9 Å². The highest BCUT2D eigenvalue weighted by Gasteiger charge is 2.26. The minimum absolute atomic E-state index is 0.160. The van der Waals surface area contributed by atoms with Crippen molar-refractivity contribution in [2.75, 3.05) is 48.4 Å². The number of rotatable bonds is 6. The van der Waals surface area contributed by atoms with Crippen molar-refractivity contribution in [3.05, 3.63) is 75.2 Å². The van der Waals surface area contributed by atoms with Gasteiger partial charge in [-0.3, -0.25) is 14.9 Å². The number of para-hydroxylation sites is 1. The molecule has 1 N–H and O–H groups in total. The number of fused-ring (bicyclic) bond motifs is 1. The van der Waals surface area contributed by atoms with Crippen LogP contribution < -0.4 is 19.9 Å². The van der Waals surface area contributed by atoms with Gasteiger partial charge in [0.1, 0.15) is 28.5 Å². The van der Waals surface area contributed by atoms with Crippen LogP contribution in [0.5, 0.6) is 5.75 Å². The van der Waals surface area contributed by atoms with E-state index >= 15 is 0 Å². The van der Waals surface area contributed by atoms with Gasteiger partial charge in [-0.15, -0.1) is 11.3 Å². The van der Waals surface area contributed by atoms with E-state index in [2.05, 4.69) is 20.2 Å². The molecule has 190 valence electrons. The maximum absolute atomic E-state index is 14.2. The van der Waals surface area contributed by atoms with Gasteiger partial charge in [-0.25, -0.2) is 14.4 Å². The number of aryl methyl sites for hydroxylation is 1. The highest BCUT2D eigenvalue weighted by molar-refractivity contribution is 7.20. The Morgan fingerprint density at radius 3 is 2.57 bits per heavy atom. The summed E-state index contributed by atoms with van der Waals surface area (Å²) in [6, 6.07) is 10.7. The van der Waals surface area contributed by atoms with Crippen molar-refractivity contribution >= 4 is 50.3 Å². The summed E-state index contributed by atoms with van der Waals surface area (Å²) in [6.07, 6.45) is 1.47. The SMILES string of the molecule is COc1ccc([N+](=O)[O-])cc1NC(=O)c1sc2ncnc(N3CCN(c4ccccc4F)CC3)c2c1C. The molecule has 1 aliphatic heterocycles. The molecule has 2 aromatic heterocycles. The van der Waals surface area contributed by atoms with Crippen LogP contribution in [-0.4, -0.2) is 54.1 Å². The number of nitrogens with one attached hydrogen (secondary N) is 1. The lowest BCUT2D eigenvalue weighted by atomic mass is 10.1. The molecule has 0 unspecified atom stereocenters. The number of hydrogen-bond donors (Lipinski definition) is 1. The van der Waals surface area contributed by atoms with E-state index in [0.717, 1.165) is 11.2 Å². The number of halogens is 1. The van der Waals surface area contributed by atoms with E-state index in [1.54, 1.807) is 12.1 Å². The molecule has 3 heterocycles. The van der Waals surface area contributed by atoms with Gasteiger partial charge >= 0.3 is 0 Å². The number of hydrogen-bond acceptors (Lipinski definition) is 9. The zero-order valence-corrected chi connectivity index (χ0v) is 20.9. The first-order valence-corrected chi connectivity index (χ1v) is 12.3. The first-order chi connectivity index (χ1) is 17.9.